The molecule has 0 aliphatic rings. The number of carbonyl (C=O) groups is 2. The van der Waals surface area contributed by atoms with Gasteiger partial charge in [0.25, 0.3) is 0 Å². The SMILES string of the molecule is CCOC(=O)C(C(=O)OCC)c1c(F)c(F)c(C#N)c(F)c1C#N. The second-order valence-electron chi connectivity index (χ2n) is 4.27. The molecule has 0 aromatic heterocycles. The zero-order valence-electron chi connectivity index (χ0n) is 12.7. The van der Waals surface area contributed by atoms with Gasteiger partial charge >= 0.3 is 11.9 Å². The zero-order valence-corrected chi connectivity index (χ0v) is 12.7. The first kappa shape index (κ1) is 19.0. The van der Waals surface area contributed by atoms with Crippen molar-refractivity contribution in [2.24, 2.45) is 0 Å². The number of nitriles is 2. The monoisotopic (exact) mass is 340 g/mol. The fourth-order valence-electron chi connectivity index (χ4n) is 1.94. The number of rotatable bonds is 5. The molecule has 0 unspecified atom stereocenters. The van der Waals surface area contributed by atoms with Gasteiger partial charge in [0.2, 0.25) is 0 Å². The molecule has 1 rings (SSSR count). The summed E-state index contributed by atoms with van der Waals surface area (Å²) in [6.07, 6.45) is 0. The summed E-state index contributed by atoms with van der Waals surface area (Å²) in [5.74, 6) is -10.3. The van der Waals surface area contributed by atoms with Gasteiger partial charge in [0, 0.05) is 5.56 Å². The molecule has 126 valence electrons. The minimum atomic E-state index is -2.20. The predicted octanol–water partition coefficient (Wildman–Crippen LogP) is 2.06. The second-order valence-corrected chi connectivity index (χ2v) is 4.27. The molecule has 0 fully saturated rings. The maximum absolute atomic E-state index is 14.3. The van der Waals surface area contributed by atoms with Gasteiger partial charge in [-0.3, -0.25) is 9.59 Å². The zero-order chi connectivity index (χ0) is 18.4. The summed E-state index contributed by atoms with van der Waals surface area (Å²) in [4.78, 5) is 23.9. The molecule has 0 amide bonds. The van der Waals surface area contributed by atoms with Gasteiger partial charge in [-0.15, -0.1) is 0 Å². The van der Waals surface area contributed by atoms with E-state index in [1.807, 2.05) is 0 Å². The molecular weight excluding hydrogens is 329 g/mol. The highest BCUT2D eigenvalue weighted by molar-refractivity contribution is 6.01. The molecule has 24 heavy (non-hydrogen) atoms. The Kier molecular flexibility index (Phi) is 6.30. The van der Waals surface area contributed by atoms with E-state index in [9.17, 15) is 22.8 Å². The number of nitrogens with zero attached hydrogens (tertiary/aromatic N) is 2. The van der Waals surface area contributed by atoms with Gasteiger partial charge < -0.3 is 9.47 Å². The Hall–Kier alpha value is -3.07. The number of ether oxygens (including phenoxy) is 2. The van der Waals surface area contributed by atoms with Crippen LogP contribution in [0.2, 0.25) is 0 Å². The summed E-state index contributed by atoms with van der Waals surface area (Å²) >= 11 is 0. The van der Waals surface area contributed by atoms with Crippen molar-refractivity contribution < 1.29 is 32.2 Å². The summed E-state index contributed by atoms with van der Waals surface area (Å²) in [7, 11) is 0. The van der Waals surface area contributed by atoms with Crippen LogP contribution >= 0.6 is 0 Å². The summed E-state index contributed by atoms with van der Waals surface area (Å²) in [6.45, 7) is 2.36. The van der Waals surface area contributed by atoms with Crippen LogP contribution in [0.1, 0.15) is 36.5 Å². The Morgan fingerprint density at radius 3 is 1.75 bits per heavy atom. The normalized spacial score (nSPS) is 10.0. The molecule has 1 aromatic carbocycles. The number of hydrogen-bond donors (Lipinski definition) is 0. The number of esters is 2. The first-order valence-corrected chi connectivity index (χ1v) is 6.69. The Labute approximate surface area is 135 Å². The topological polar surface area (TPSA) is 100 Å². The summed E-state index contributed by atoms with van der Waals surface area (Å²) < 4.78 is 51.4. The van der Waals surface area contributed by atoms with Crippen molar-refractivity contribution in [1.29, 1.82) is 10.5 Å². The molecule has 6 nitrogen and oxygen atoms in total. The molecular formula is C15H11F3N2O4. The third-order valence-electron chi connectivity index (χ3n) is 2.91. The van der Waals surface area contributed by atoms with Gasteiger partial charge in [-0.05, 0) is 13.8 Å². The van der Waals surface area contributed by atoms with Crippen LogP contribution in [0.15, 0.2) is 0 Å². The highest BCUT2D eigenvalue weighted by Crippen LogP contribution is 2.31. The van der Waals surface area contributed by atoms with Crippen LogP contribution in [0.4, 0.5) is 13.2 Å². The smallest absolute Gasteiger partial charge is 0.325 e. The minimum Gasteiger partial charge on any atom is -0.465 e. The average Bonchev–Trinajstić information content (AvgIpc) is 2.53. The Balaban J connectivity index is 3.77. The van der Waals surface area contributed by atoms with Crippen LogP contribution in [0.5, 0.6) is 0 Å². The summed E-state index contributed by atoms with van der Waals surface area (Å²) in [5, 5.41) is 17.7. The van der Waals surface area contributed by atoms with E-state index in [1.54, 1.807) is 0 Å². The van der Waals surface area contributed by atoms with Crippen LogP contribution in [-0.4, -0.2) is 25.2 Å². The largest absolute Gasteiger partial charge is 0.465 e. The van der Waals surface area contributed by atoms with Crippen LogP contribution in [-0.2, 0) is 19.1 Å². The highest BCUT2D eigenvalue weighted by Gasteiger charge is 2.39. The lowest BCUT2D eigenvalue weighted by Gasteiger charge is -2.17. The maximum Gasteiger partial charge on any atom is 0.325 e. The Bertz CT molecular complexity index is 748. The molecule has 0 heterocycles. The lowest BCUT2D eigenvalue weighted by molar-refractivity contribution is -0.157. The summed E-state index contributed by atoms with van der Waals surface area (Å²) in [6, 6.07) is 2.31. The van der Waals surface area contributed by atoms with E-state index in [4.69, 9.17) is 10.5 Å². The second kappa shape index (κ2) is 7.97. The molecule has 0 saturated heterocycles. The molecule has 0 saturated carbocycles. The standard InChI is InChI=1S/C15H11F3N2O4/c1-3-23-14(21)10(15(22)24-4-2)9-7(5-19)11(16)8(6-20)12(17)13(9)18/h10H,3-4H2,1-2H3. The van der Waals surface area contributed by atoms with Gasteiger partial charge in [-0.2, -0.15) is 10.5 Å². The van der Waals surface area contributed by atoms with E-state index in [0.29, 0.717) is 0 Å². The molecule has 0 bridgehead atoms. The van der Waals surface area contributed by atoms with Gasteiger partial charge in [0.15, 0.2) is 23.4 Å². The highest BCUT2D eigenvalue weighted by atomic mass is 19.2. The molecule has 9 heteroatoms. The van der Waals surface area contributed by atoms with E-state index in [2.05, 4.69) is 9.47 Å². The molecule has 0 spiro atoms. The van der Waals surface area contributed by atoms with Crippen molar-refractivity contribution in [1.82, 2.24) is 0 Å². The van der Waals surface area contributed by atoms with Crippen LogP contribution in [0.25, 0.3) is 0 Å². The molecule has 0 atom stereocenters. The first-order chi connectivity index (χ1) is 11.3. The number of carbonyl (C=O) groups excluding carboxylic acids is 2. The average molecular weight is 340 g/mol. The lowest BCUT2D eigenvalue weighted by Crippen LogP contribution is -2.29. The van der Waals surface area contributed by atoms with Gasteiger partial charge in [0.05, 0.1) is 18.8 Å². The number of hydrogen-bond acceptors (Lipinski definition) is 6. The maximum atomic E-state index is 14.3. The van der Waals surface area contributed by atoms with Gasteiger partial charge in [0.1, 0.15) is 17.7 Å². The van der Waals surface area contributed by atoms with E-state index in [0.717, 1.165) is 6.07 Å². The van der Waals surface area contributed by atoms with Crippen molar-refractivity contribution in [2.75, 3.05) is 13.2 Å². The molecule has 1 aromatic rings. The fraction of sp³-hybridized carbons (Fsp3) is 0.333. The van der Waals surface area contributed by atoms with Gasteiger partial charge in [-0.1, -0.05) is 0 Å². The number of halogens is 3. The Morgan fingerprint density at radius 2 is 1.38 bits per heavy atom. The fourth-order valence-corrected chi connectivity index (χ4v) is 1.94. The van der Waals surface area contributed by atoms with Crippen molar-refractivity contribution >= 4 is 11.9 Å². The van der Waals surface area contributed by atoms with Crippen molar-refractivity contribution in [2.45, 2.75) is 19.8 Å². The summed E-state index contributed by atoms with van der Waals surface area (Å²) in [5.41, 5.74) is -3.64. The van der Waals surface area contributed by atoms with Crippen molar-refractivity contribution in [3.63, 3.8) is 0 Å². The molecule has 0 radical (unpaired) electrons. The molecule has 0 N–H and O–H groups in total. The van der Waals surface area contributed by atoms with Crippen molar-refractivity contribution in [3.8, 4) is 12.1 Å². The molecule has 0 aliphatic heterocycles. The van der Waals surface area contributed by atoms with Gasteiger partial charge in [-0.25, -0.2) is 13.2 Å². The predicted molar refractivity (Wildman–Crippen MR) is 71.8 cm³/mol. The van der Waals surface area contributed by atoms with E-state index >= 15 is 0 Å². The minimum absolute atomic E-state index is 0.209. The van der Waals surface area contributed by atoms with Crippen LogP contribution in [0, 0.1) is 40.1 Å². The molecule has 0 aliphatic carbocycles. The number of benzene rings is 1. The quantitative estimate of drug-likeness (QED) is 0.462. The lowest BCUT2D eigenvalue weighted by atomic mass is 9.91. The third-order valence-corrected chi connectivity index (χ3v) is 2.91. The third kappa shape index (κ3) is 3.30. The Morgan fingerprint density at radius 1 is 0.917 bits per heavy atom. The van der Waals surface area contributed by atoms with Crippen LogP contribution in [0.3, 0.4) is 0 Å². The van der Waals surface area contributed by atoms with Crippen molar-refractivity contribution in [3.05, 3.63) is 34.1 Å². The van der Waals surface area contributed by atoms with E-state index < -0.39 is 52.0 Å². The van der Waals surface area contributed by atoms with Crippen LogP contribution < -0.4 is 0 Å². The first-order valence-electron chi connectivity index (χ1n) is 6.69. The van der Waals surface area contributed by atoms with E-state index in [1.165, 1.54) is 19.9 Å². The van der Waals surface area contributed by atoms with E-state index in [-0.39, 0.29) is 13.2 Å².